The van der Waals surface area contributed by atoms with Crippen molar-refractivity contribution in [3.8, 4) is 0 Å². The number of nitrogens with two attached hydrogens (primary N) is 3. The molecule has 6 N–H and O–H groups in total. The molecule has 0 saturated heterocycles. The number of hydrogen-bond donors (Lipinski definition) is 3. The third-order valence-electron chi connectivity index (χ3n) is 2.55. The van der Waals surface area contributed by atoms with Crippen LogP contribution < -0.4 is 17.3 Å². The van der Waals surface area contributed by atoms with E-state index in [9.17, 15) is 0 Å². The first-order chi connectivity index (χ1) is 7.12. The fourth-order valence-corrected chi connectivity index (χ4v) is 1.64. The second kappa shape index (κ2) is 3.42. The summed E-state index contributed by atoms with van der Waals surface area (Å²) in [5.41, 5.74) is 13.2. The number of quaternary nitrogens is 1. The minimum Gasteiger partial charge on any atom is -0.392 e. The fraction of sp³-hybridized carbons (Fsp3) is 0.0909. The lowest BCUT2D eigenvalue weighted by Crippen LogP contribution is -2.49. The quantitative estimate of drug-likeness (QED) is 0.483. The van der Waals surface area contributed by atoms with E-state index in [4.69, 9.17) is 17.3 Å². The Morgan fingerprint density at radius 1 is 1.07 bits per heavy atom. The monoisotopic (exact) mass is 203 g/mol. The molecule has 0 aliphatic carbocycles. The highest BCUT2D eigenvalue weighted by Gasteiger charge is 2.31. The fourth-order valence-electron chi connectivity index (χ4n) is 1.64. The van der Waals surface area contributed by atoms with Gasteiger partial charge in [0.15, 0.2) is 0 Å². The second-order valence-corrected chi connectivity index (χ2v) is 3.73. The van der Waals surface area contributed by atoms with E-state index in [0.29, 0.717) is 18.1 Å². The SMILES string of the molecule is NC1=C(N)[N+](N)(Cc2ccccc2)C=C1. The molecule has 1 heterocycles. The summed E-state index contributed by atoms with van der Waals surface area (Å²) >= 11 is 0. The Kier molecular flexibility index (Phi) is 2.22. The molecule has 1 aromatic rings. The van der Waals surface area contributed by atoms with Crippen molar-refractivity contribution in [3.05, 3.63) is 59.7 Å². The van der Waals surface area contributed by atoms with Crippen LogP contribution in [0.1, 0.15) is 5.56 Å². The van der Waals surface area contributed by atoms with Gasteiger partial charge in [-0.05, 0) is 0 Å². The highest BCUT2D eigenvalue weighted by atomic mass is 15.6. The molecule has 1 aliphatic heterocycles. The van der Waals surface area contributed by atoms with Gasteiger partial charge in [0.1, 0.15) is 18.4 Å². The molecule has 4 nitrogen and oxygen atoms in total. The van der Waals surface area contributed by atoms with Gasteiger partial charge < -0.3 is 11.5 Å². The molecule has 1 unspecified atom stereocenters. The molecule has 0 spiro atoms. The van der Waals surface area contributed by atoms with Crippen LogP contribution in [0.4, 0.5) is 0 Å². The van der Waals surface area contributed by atoms with Crippen molar-refractivity contribution < 1.29 is 4.59 Å². The molecule has 4 heteroatoms. The Hall–Kier alpha value is -1.78. The van der Waals surface area contributed by atoms with E-state index in [1.54, 1.807) is 12.3 Å². The van der Waals surface area contributed by atoms with Gasteiger partial charge in [0.05, 0.1) is 0 Å². The minimum atomic E-state index is 0.0653. The number of nitrogens with zero attached hydrogens (tertiary/aromatic N) is 1. The summed E-state index contributed by atoms with van der Waals surface area (Å²) in [7, 11) is 0. The number of rotatable bonds is 2. The van der Waals surface area contributed by atoms with Crippen molar-refractivity contribution in [3.63, 3.8) is 0 Å². The van der Waals surface area contributed by atoms with Gasteiger partial charge >= 0.3 is 0 Å². The van der Waals surface area contributed by atoms with Crippen LogP contribution in [0.5, 0.6) is 0 Å². The largest absolute Gasteiger partial charge is 0.392 e. The zero-order valence-electron chi connectivity index (χ0n) is 8.43. The molecule has 1 aromatic carbocycles. The normalized spacial score (nSPS) is 24.9. The summed E-state index contributed by atoms with van der Waals surface area (Å²) < 4.78 is 0.0653. The average Bonchev–Trinajstić information content (AvgIpc) is 2.48. The lowest BCUT2D eigenvalue weighted by molar-refractivity contribution is -0.866. The highest BCUT2D eigenvalue weighted by molar-refractivity contribution is 5.22. The highest BCUT2D eigenvalue weighted by Crippen LogP contribution is 2.21. The molecule has 0 amide bonds. The van der Waals surface area contributed by atoms with E-state index in [1.807, 2.05) is 30.3 Å². The topological polar surface area (TPSA) is 78.1 Å². The summed E-state index contributed by atoms with van der Waals surface area (Å²) in [4.78, 5) is 0. The van der Waals surface area contributed by atoms with Gasteiger partial charge in [-0.2, -0.15) is 10.4 Å². The van der Waals surface area contributed by atoms with E-state index in [1.165, 1.54) is 0 Å². The first kappa shape index (κ1) is 9.76. The van der Waals surface area contributed by atoms with Gasteiger partial charge in [0.2, 0.25) is 5.82 Å². The van der Waals surface area contributed by atoms with Crippen molar-refractivity contribution >= 4 is 0 Å². The van der Waals surface area contributed by atoms with Crippen LogP contribution in [0.25, 0.3) is 0 Å². The number of benzene rings is 1. The van der Waals surface area contributed by atoms with E-state index in [-0.39, 0.29) is 4.59 Å². The lowest BCUT2D eigenvalue weighted by atomic mass is 10.2. The molecule has 2 rings (SSSR count). The van der Waals surface area contributed by atoms with Crippen LogP contribution in [0.15, 0.2) is 54.1 Å². The van der Waals surface area contributed by atoms with Crippen molar-refractivity contribution in [1.82, 2.24) is 0 Å². The number of allylic oxidation sites excluding steroid dienone is 1. The molecular weight excluding hydrogens is 188 g/mol. The third kappa shape index (κ3) is 1.72. The average molecular weight is 203 g/mol. The summed E-state index contributed by atoms with van der Waals surface area (Å²) in [5.74, 6) is 6.61. The van der Waals surface area contributed by atoms with E-state index < -0.39 is 0 Å². The van der Waals surface area contributed by atoms with Gasteiger partial charge in [-0.25, -0.2) is 0 Å². The minimum absolute atomic E-state index is 0.0653. The smallest absolute Gasteiger partial charge is 0.246 e. The van der Waals surface area contributed by atoms with Crippen molar-refractivity contribution in [2.75, 3.05) is 0 Å². The molecule has 0 saturated carbocycles. The summed E-state index contributed by atoms with van der Waals surface area (Å²) in [6, 6.07) is 9.96. The predicted molar refractivity (Wildman–Crippen MR) is 59.1 cm³/mol. The van der Waals surface area contributed by atoms with Gasteiger partial charge in [-0.1, -0.05) is 30.3 Å². The van der Waals surface area contributed by atoms with Crippen LogP contribution in [0.2, 0.25) is 0 Å². The molecule has 0 fully saturated rings. The van der Waals surface area contributed by atoms with Crippen molar-refractivity contribution in [2.24, 2.45) is 17.3 Å². The van der Waals surface area contributed by atoms with E-state index >= 15 is 0 Å². The van der Waals surface area contributed by atoms with Crippen molar-refractivity contribution in [1.29, 1.82) is 0 Å². The van der Waals surface area contributed by atoms with Crippen LogP contribution in [-0.4, -0.2) is 4.59 Å². The maximum atomic E-state index is 6.11. The summed E-state index contributed by atoms with van der Waals surface area (Å²) in [5, 5.41) is 0. The first-order valence-corrected chi connectivity index (χ1v) is 4.77. The Bertz CT molecular complexity index is 421. The zero-order valence-corrected chi connectivity index (χ0v) is 8.43. The molecule has 78 valence electrons. The lowest BCUT2D eigenvalue weighted by Gasteiger charge is -2.25. The molecular formula is C11H15N4+. The second-order valence-electron chi connectivity index (χ2n) is 3.73. The van der Waals surface area contributed by atoms with E-state index in [2.05, 4.69) is 0 Å². The zero-order chi connectivity index (χ0) is 10.9. The molecule has 0 radical (unpaired) electrons. The van der Waals surface area contributed by atoms with Gasteiger partial charge in [-0.3, -0.25) is 0 Å². The molecule has 1 atom stereocenters. The van der Waals surface area contributed by atoms with Crippen LogP contribution >= 0.6 is 0 Å². The maximum Gasteiger partial charge on any atom is 0.246 e. The number of hydrogen-bond acceptors (Lipinski definition) is 3. The van der Waals surface area contributed by atoms with Gasteiger partial charge in [0, 0.05) is 11.6 Å². The molecule has 1 aliphatic rings. The van der Waals surface area contributed by atoms with Crippen LogP contribution in [-0.2, 0) is 6.54 Å². The van der Waals surface area contributed by atoms with Gasteiger partial charge in [-0.15, -0.1) is 0 Å². The Morgan fingerprint density at radius 3 is 2.27 bits per heavy atom. The van der Waals surface area contributed by atoms with Crippen LogP contribution in [0, 0.1) is 0 Å². The van der Waals surface area contributed by atoms with Gasteiger partial charge in [0.25, 0.3) is 0 Å². The molecule has 0 bridgehead atoms. The Labute approximate surface area is 88.8 Å². The molecule has 0 aromatic heterocycles. The Balaban J connectivity index is 2.24. The third-order valence-corrected chi connectivity index (χ3v) is 2.55. The Morgan fingerprint density at radius 2 is 1.73 bits per heavy atom. The maximum absolute atomic E-state index is 6.11. The predicted octanol–water partition coefficient (Wildman–Crippen LogP) is 0.491. The summed E-state index contributed by atoms with van der Waals surface area (Å²) in [6.45, 7) is 0.615. The summed E-state index contributed by atoms with van der Waals surface area (Å²) in [6.07, 6.45) is 3.55. The molecule has 15 heavy (non-hydrogen) atoms. The standard InChI is InChI=1S/C11H15N4/c12-10-6-7-15(14,11(10)13)8-9-4-2-1-3-5-9/h1-7H,8,12-14H2/q+1. The van der Waals surface area contributed by atoms with Crippen molar-refractivity contribution in [2.45, 2.75) is 6.54 Å². The van der Waals surface area contributed by atoms with Crippen LogP contribution in [0.3, 0.4) is 0 Å². The first-order valence-electron chi connectivity index (χ1n) is 4.77. The van der Waals surface area contributed by atoms with E-state index in [0.717, 1.165) is 5.56 Å².